The fraction of sp³-hybridized carbons (Fsp3) is 0.350. The van der Waals surface area contributed by atoms with Crippen molar-refractivity contribution < 1.29 is 22.7 Å². The minimum Gasteiger partial charge on any atom is -0.406 e. The van der Waals surface area contributed by atoms with E-state index in [0.717, 1.165) is 37.1 Å². The van der Waals surface area contributed by atoms with Gasteiger partial charge in [0.2, 0.25) is 0 Å². The van der Waals surface area contributed by atoms with E-state index in [9.17, 15) is 18.0 Å². The molecule has 0 bridgehead atoms. The second-order valence-corrected chi connectivity index (χ2v) is 6.47. The molecule has 0 aromatic heterocycles. The van der Waals surface area contributed by atoms with E-state index in [0.29, 0.717) is 6.54 Å². The Morgan fingerprint density at radius 2 is 1.62 bits per heavy atom. The Hall–Kier alpha value is -2.34. The van der Waals surface area contributed by atoms with Crippen LogP contribution in [0.25, 0.3) is 0 Å². The molecule has 1 aliphatic rings. The van der Waals surface area contributed by atoms with E-state index < -0.39 is 6.36 Å². The number of ether oxygens (including phenoxy) is 1. The Morgan fingerprint density at radius 1 is 1.00 bits per heavy atom. The van der Waals surface area contributed by atoms with Crippen molar-refractivity contribution in [3.8, 4) is 5.75 Å². The third-order valence-corrected chi connectivity index (χ3v) is 4.58. The van der Waals surface area contributed by atoms with E-state index in [1.807, 2.05) is 30.3 Å². The number of piperidine rings is 1. The molecular formula is C20H20F3NO2. The normalized spacial score (nSPS) is 16.4. The molecule has 3 rings (SSSR count). The molecule has 1 heterocycles. The predicted octanol–water partition coefficient (Wildman–Crippen LogP) is 4.68. The first-order valence-electron chi connectivity index (χ1n) is 8.57. The van der Waals surface area contributed by atoms with E-state index in [-0.39, 0.29) is 17.5 Å². The molecular weight excluding hydrogens is 343 g/mol. The molecule has 3 nitrogen and oxygen atoms in total. The molecule has 1 saturated heterocycles. The highest BCUT2D eigenvalue weighted by atomic mass is 19.4. The summed E-state index contributed by atoms with van der Waals surface area (Å²) in [5.41, 5.74) is 1.68. The van der Waals surface area contributed by atoms with Gasteiger partial charge in [-0.25, -0.2) is 0 Å². The van der Waals surface area contributed by atoms with Gasteiger partial charge in [0.25, 0.3) is 0 Å². The molecule has 6 heteroatoms. The second-order valence-electron chi connectivity index (χ2n) is 6.47. The number of carbonyl (C=O) groups excluding carboxylic acids is 1. The molecule has 0 radical (unpaired) electrons. The lowest BCUT2D eigenvalue weighted by molar-refractivity contribution is -0.274. The number of alkyl halides is 3. The largest absolute Gasteiger partial charge is 0.573 e. The lowest BCUT2D eigenvalue weighted by Crippen LogP contribution is -2.35. The van der Waals surface area contributed by atoms with Gasteiger partial charge < -0.3 is 4.74 Å². The van der Waals surface area contributed by atoms with Gasteiger partial charge in [-0.3, -0.25) is 9.69 Å². The zero-order valence-electron chi connectivity index (χ0n) is 14.2. The Balaban J connectivity index is 1.50. The summed E-state index contributed by atoms with van der Waals surface area (Å²) in [5.74, 6) is 0.0172. The Kier molecular flexibility index (Phi) is 5.61. The van der Waals surface area contributed by atoms with Crippen LogP contribution in [0, 0.1) is 5.92 Å². The number of Topliss-reactive ketones (excluding diaryl/α,β-unsaturated/α-hetero) is 1. The number of benzene rings is 2. The second kappa shape index (κ2) is 7.91. The monoisotopic (exact) mass is 363 g/mol. The summed E-state index contributed by atoms with van der Waals surface area (Å²) < 4.78 is 40.4. The van der Waals surface area contributed by atoms with Gasteiger partial charge in [-0.15, -0.1) is 13.2 Å². The summed E-state index contributed by atoms with van der Waals surface area (Å²) in [6.45, 7) is 2.24. The molecule has 2 aromatic carbocycles. The molecule has 0 N–H and O–H groups in total. The molecule has 1 aliphatic heterocycles. The SMILES string of the molecule is O=C(c1ccccc1)C1CCN(Cc2ccc(OC(F)(F)F)cc2)CC1. The average molecular weight is 363 g/mol. The van der Waals surface area contributed by atoms with Gasteiger partial charge in [0.1, 0.15) is 5.75 Å². The molecule has 0 saturated carbocycles. The number of rotatable bonds is 5. The minimum atomic E-state index is -4.67. The van der Waals surface area contributed by atoms with E-state index in [1.54, 1.807) is 12.1 Å². The predicted molar refractivity (Wildman–Crippen MR) is 91.9 cm³/mol. The minimum absolute atomic E-state index is 0.0382. The number of halogens is 3. The third-order valence-electron chi connectivity index (χ3n) is 4.58. The number of ketones is 1. The van der Waals surface area contributed by atoms with Crippen LogP contribution in [0.1, 0.15) is 28.8 Å². The summed E-state index contributed by atoms with van der Waals surface area (Å²) >= 11 is 0. The highest BCUT2D eigenvalue weighted by molar-refractivity contribution is 5.97. The van der Waals surface area contributed by atoms with E-state index >= 15 is 0 Å². The van der Waals surface area contributed by atoms with Gasteiger partial charge in [0.05, 0.1) is 0 Å². The van der Waals surface area contributed by atoms with Crippen molar-refractivity contribution in [2.24, 2.45) is 5.92 Å². The van der Waals surface area contributed by atoms with Crippen molar-refractivity contribution in [2.45, 2.75) is 25.7 Å². The fourth-order valence-corrected chi connectivity index (χ4v) is 3.25. The average Bonchev–Trinajstić information content (AvgIpc) is 2.63. The topological polar surface area (TPSA) is 29.5 Å². The van der Waals surface area contributed by atoms with Crippen LogP contribution in [0.5, 0.6) is 5.75 Å². The van der Waals surface area contributed by atoms with Gasteiger partial charge >= 0.3 is 6.36 Å². The van der Waals surface area contributed by atoms with Crippen LogP contribution in [-0.4, -0.2) is 30.1 Å². The van der Waals surface area contributed by atoms with Crippen molar-refractivity contribution >= 4 is 5.78 Å². The summed E-state index contributed by atoms with van der Waals surface area (Å²) in [5, 5.41) is 0. The van der Waals surface area contributed by atoms with Gasteiger partial charge in [0, 0.05) is 18.0 Å². The van der Waals surface area contributed by atoms with Crippen LogP contribution in [0.3, 0.4) is 0 Å². The summed E-state index contributed by atoms with van der Waals surface area (Å²) in [6, 6.07) is 15.3. The van der Waals surface area contributed by atoms with Crippen molar-refractivity contribution in [3.05, 3.63) is 65.7 Å². The maximum atomic E-state index is 12.5. The first-order valence-corrected chi connectivity index (χ1v) is 8.57. The van der Waals surface area contributed by atoms with Crippen molar-refractivity contribution in [3.63, 3.8) is 0 Å². The van der Waals surface area contributed by atoms with Crippen LogP contribution in [0.2, 0.25) is 0 Å². The number of hydrogen-bond acceptors (Lipinski definition) is 3. The summed E-state index contributed by atoms with van der Waals surface area (Å²) in [6.07, 6.45) is -3.08. The zero-order chi connectivity index (χ0) is 18.6. The van der Waals surface area contributed by atoms with E-state index in [2.05, 4.69) is 9.64 Å². The molecule has 2 aromatic rings. The zero-order valence-corrected chi connectivity index (χ0v) is 14.2. The fourth-order valence-electron chi connectivity index (χ4n) is 3.25. The summed E-state index contributed by atoms with van der Waals surface area (Å²) in [4.78, 5) is 14.7. The van der Waals surface area contributed by atoms with Crippen LogP contribution in [-0.2, 0) is 6.54 Å². The quantitative estimate of drug-likeness (QED) is 0.723. The molecule has 0 amide bonds. The van der Waals surface area contributed by atoms with Crippen LogP contribution in [0.15, 0.2) is 54.6 Å². The lowest BCUT2D eigenvalue weighted by atomic mass is 9.89. The Labute approximate surface area is 150 Å². The maximum absolute atomic E-state index is 12.5. The molecule has 0 unspecified atom stereocenters. The lowest BCUT2D eigenvalue weighted by Gasteiger charge is -2.31. The Morgan fingerprint density at radius 3 is 2.19 bits per heavy atom. The molecule has 138 valence electrons. The first-order chi connectivity index (χ1) is 12.4. The highest BCUT2D eigenvalue weighted by Gasteiger charge is 2.31. The molecule has 1 fully saturated rings. The smallest absolute Gasteiger partial charge is 0.406 e. The van der Waals surface area contributed by atoms with Crippen LogP contribution < -0.4 is 4.74 Å². The van der Waals surface area contributed by atoms with Gasteiger partial charge in [0.15, 0.2) is 5.78 Å². The number of likely N-dealkylation sites (tertiary alicyclic amines) is 1. The van der Waals surface area contributed by atoms with Gasteiger partial charge in [-0.05, 0) is 43.6 Å². The number of nitrogens with zero attached hydrogens (tertiary/aromatic N) is 1. The maximum Gasteiger partial charge on any atom is 0.573 e. The van der Waals surface area contributed by atoms with Crippen LogP contribution >= 0.6 is 0 Å². The Bertz CT molecular complexity index is 721. The van der Waals surface area contributed by atoms with Gasteiger partial charge in [-0.1, -0.05) is 42.5 Å². The molecule has 26 heavy (non-hydrogen) atoms. The number of hydrogen-bond donors (Lipinski definition) is 0. The van der Waals surface area contributed by atoms with Crippen molar-refractivity contribution in [2.75, 3.05) is 13.1 Å². The summed E-state index contributed by atoms with van der Waals surface area (Å²) in [7, 11) is 0. The van der Waals surface area contributed by atoms with Crippen molar-refractivity contribution in [1.82, 2.24) is 4.90 Å². The van der Waals surface area contributed by atoms with Crippen molar-refractivity contribution in [1.29, 1.82) is 0 Å². The van der Waals surface area contributed by atoms with Gasteiger partial charge in [-0.2, -0.15) is 0 Å². The van der Waals surface area contributed by atoms with Crippen LogP contribution in [0.4, 0.5) is 13.2 Å². The molecule has 0 atom stereocenters. The molecule has 0 aliphatic carbocycles. The highest BCUT2D eigenvalue weighted by Crippen LogP contribution is 2.25. The standard InChI is InChI=1S/C20H20F3NO2/c21-20(22,23)26-18-8-6-15(7-9-18)14-24-12-10-17(11-13-24)19(25)16-4-2-1-3-5-16/h1-9,17H,10-14H2. The van der Waals surface area contributed by atoms with E-state index in [1.165, 1.54) is 12.1 Å². The number of carbonyl (C=O) groups is 1. The third kappa shape index (κ3) is 5.08. The molecule has 0 spiro atoms. The first kappa shape index (κ1) is 18.5. The van der Waals surface area contributed by atoms with E-state index in [4.69, 9.17) is 0 Å².